The SMILES string of the molecule is Cc1n(C=C(CC(=O)c2ccc(Br)cc2)c2ccc(Br)cc2)cc[n+]1C.[Br-]. The van der Waals surface area contributed by atoms with E-state index in [1.54, 1.807) is 0 Å². The van der Waals surface area contributed by atoms with Crippen molar-refractivity contribution in [3.63, 3.8) is 0 Å². The standard InChI is InChI=1S/C21H19Br2N2O.BrH/c1-15-24(2)11-12-25(15)14-18(16-3-7-19(22)8-4-16)13-21(26)17-5-9-20(23)10-6-17;/h3-12,14H,13H2,1-2H3;1H/q+1;/p-1. The van der Waals surface area contributed by atoms with Crippen LogP contribution in [0.15, 0.2) is 69.9 Å². The summed E-state index contributed by atoms with van der Waals surface area (Å²) < 4.78 is 6.08. The number of aryl methyl sites for hydroxylation is 1. The van der Waals surface area contributed by atoms with Gasteiger partial charge in [0.1, 0.15) is 12.4 Å². The highest BCUT2D eigenvalue weighted by Gasteiger charge is 2.14. The Morgan fingerprint density at radius 1 is 1.00 bits per heavy atom. The predicted octanol–water partition coefficient (Wildman–Crippen LogP) is 2.42. The van der Waals surface area contributed by atoms with E-state index in [2.05, 4.69) is 31.9 Å². The molecule has 0 radical (unpaired) electrons. The molecule has 1 heterocycles. The van der Waals surface area contributed by atoms with Gasteiger partial charge in [-0.25, -0.2) is 9.13 Å². The number of ketones is 1. The van der Waals surface area contributed by atoms with E-state index < -0.39 is 0 Å². The lowest BCUT2D eigenvalue weighted by Crippen LogP contribution is -3.00. The third-order valence-corrected chi connectivity index (χ3v) is 5.42. The second-order valence-corrected chi connectivity index (χ2v) is 7.96. The lowest BCUT2D eigenvalue weighted by molar-refractivity contribution is -0.676. The van der Waals surface area contributed by atoms with Crippen molar-refractivity contribution in [3.8, 4) is 0 Å². The van der Waals surface area contributed by atoms with Crippen LogP contribution in [0.1, 0.15) is 28.2 Å². The van der Waals surface area contributed by atoms with Gasteiger partial charge in [0.05, 0.1) is 13.2 Å². The maximum absolute atomic E-state index is 12.8. The summed E-state index contributed by atoms with van der Waals surface area (Å²) in [6.45, 7) is 2.05. The van der Waals surface area contributed by atoms with Crippen LogP contribution in [0.4, 0.5) is 0 Å². The largest absolute Gasteiger partial charge is 1.00 e. The smallest absolute Gasteiger partial charge is 0.257 e. The van der Waals surface area contributed by atoms with Crippen molar-refractivity contribution in [3.05, 3.63) is 86.8 Å². The van der Waals surface area contributed by atoms with Gasteiger partial charge in [0, 0.05) is 33.4 Å². The van der Waals surface area contributed by atoms with Gasteiger partial charge in [0.2, 0.25) is 0 Å². The summed E-state index contributed by atoms with van der Waals surface area (Å²) in [5.41, 5.74) is 2.73. The third kappa shape index (κ3) is 5.50. The molecule has 1 aromatic heterocycles. The van der Waals surface area contributed by atoms with Gasteiger partial charge in [-0.15, -0.1) is 0 Å². The number of halogens is 3. The normalized spacial score (nSPS) is 11.2. The lowest BCUT2D eigenvalue weighted by Gasteiger charge is -2.08. The first kappa shape index (κ1) is 21.8. The highest BCUT2D eigenvalue weighted by Crippen LogP contribution is 2.24. The number of benzene rings is 2. The average molecular weight is 555 g/mol. The van der Waals surface area contributed by atoms with Gasteiger partial charge in [-0.05, 0) is 29.8 Å². The van der Waals surface area contributed by atoms with Gasteiger partial charge >= 0.3 is 0 Å². The highest BCUT2D eigenvalue weighted by molar-refractivity contribution is 9.10. The van der Waals surface area contributed by atoms with Gasteiger partial charge in [-0.3, -0.25) is 4.79 Å². The molecule has 0 aliphatic carbocycles. The Kier molecular flexibility index (Phi) is 7.77. The first-order valence-corrected chi connectivity index (χ1v) is 9.81. The molecule has 0 fully saturated rings. The second-order valence-electron chi connectivity index (χ2n) is 6.13. The van der Waals surface area contributed by atoms with E-state index in [-0.39, 0.29) is 22.8 Å². The first-order chi connectivity index (χ1) is 12.4. The molecule has 0 atom stereocenters. The lowest BCUT2D eigenvalue weighted by atomic mass is 9.98. The van der Waals surface area contributed by atoms with Crippen molar-refractivity contribution < 1.29 is 26.3 Å². The number of rotatable bonds is 5. The maximum atomic E-state index is 12.8. The Balaban J connectivity index is 0.00000261. The summed E-state index contributed by atoms with van der Waals surface area (Å²) in [4.78, 5) is 12.8. The molecular formula is C21H19Br3N2O. The van der Waals surface area contributed by atoms with Crippen LogP contribution in [0, 0.1) is 6.92 Å². The first-order valence-electron chi connectivity index (χ1n) is 8.22. The molecule has 3 nitrogen and oxygen atoms in total. The molecule has 0 spiro atoms. The van der Waals surface area contributed by atoms with Gasteiger partial charge in [-0.1, -0.05) is 56.1 Å². The van der Waals surface area contributed by atoms with Crippen molar-refractivity contribution in [2.45, 2.75) is 13.3 Å². The quantitative estimate of drug-likeness (QED) is 0.351. The maximum Gasteiger partial charge on any atom is 0.257 e. The molecule has 0 saturated carbocycles. The van der Waals surface area contributed by atoms with Crippen LogP contribution in [0.25, 0.3) is 11.8 Å². The fourth-order valence-corrected chi connectivity index (χ4v) is 3.20. The number of hydrogen-bond acceptors (Lipinski definition) is 1. The van der Waals surface area contributed by atoms with Gasteiger partial charge in [0.15, 0.2) is 5.78 Å². The molecule has 3 aromatic rings. The van der Waals surface area contributed by atoms with E-state index in [0.29, 0.717) is 12.0 Å². The van der Waals surface area contributed by atoms with Gasteiger partial charge in [0.25, 0.3) is 5.82 Å². The zero-order valence-corrected chi connectivity index (χ0v) is 19.8. The number of carbonyl (C=O) groups is 1. The number of Topliss-reactive ketones (excluding diaryl/α,β-unsaturated/α-hetero) is 1. The predicted molar refractivity (Wildman–Crippen MR) is 112 cm³/mol. The van der Waals surface area contributed by atoms with Crippen molar-refractivity contribution in [1.82, 2.24) is 4.57 Å². The minimum atomic E-state index is 0. The molecule has 0 amide bonds. The molecule has 140 valence electrons. The molecule has 0 aliphatic heterocycles. The zero-order valence-electron chi connectivity index (χ0n) is 15.0. The zero-order chi connectivity index (χ0) is 18.7. The van der Waals surface area contributed by atoms with Crippen LogP contribution in [-0.4, -0.2) is 10.4 Å². The molecule has 0 bridgehead atoms. The van der Waals surface area contributed by atoms with E-state index >= 15 is 0 Å². The number of imidazole rings is 1. The summed E-state index contributed by atoms with van der Waals surface area (Å²) >= 11 is 6.88. The van der Waals surface area contributed by atoms with Crippen LogP contribution in [0.5, 0.6) is 0 Å². The number of carbonyl (C=O) groups excluding carboxylic acids is 1. The topological polar surface area (TPSA) is 25.9 Å². The summed E-state index contributed by atoms with van der Waals surface area (Å²) in [7, 11) is 2.01. The molecule has 27 heavy (non-hydrogen) atoms. The Hall–Kier alpha value is -1.50. The fraction of sp³-hybridized carbons (Fsp3) is 0.143. The molecule has 2 aromatic carbocycles. The van der Waals surface area contributed by atoms with Crippen molar-refractivity contribution in [1.29, 1.82) is 0 Å². The minimum Gasteiger partial charge on any atom is -1.00 e. The molecule has 0 unspecified atom stereocenters. The Bertz CT molecular complexity index is 958. The van der Waals surface area contributed by atoms with E-state index in [1.807, 2.05) is 90.2 Å². The van der Waals surface area contributed by atoms with Crippen LogP contribution < -0.4 is 21.5 Å². The van der Waals surface area contributed by atoms with Crippen LogP contribution in [-0.2, 0) is 7.05 Å². The van der Waals surface area contributed by atoms with E-state index in [1.165, 1.54) is 0 Å². The van der Waals surface area contributed by atoms with Crippen molar-refractivity contribution in [2.24, 2.45) is 7.05 Å². The summed E-state index contributed by atoms with van der Waals surface area (Å²) in [6.07, 6.45) is 6.37. The third-order valence-electron chi connectivity index (χ3n) is 4.36. The van der Waals surface area contributed by atoms with Crippen LogP contribution >= 0.6 is 31.9 Å². The minimum absolute atomic E-state index is 0. The van der Waals surface area contributed by atoms with E-state index in [4.69, 9.17) is 0 Å². The number of nitrogens with zero attached hydrogens (tertiary/aromatic N) is 2. The molecule has 3 rings (SSSR count). The number of hydrogen-bond donors (Lipinski definition) is 0. The Morgan fingerprint density at radius 2 is 1.52 bits per heavy atom. The summed E-state index contributed by atoms with van der Waals surface area (Å²) in [5.74, 6) is 1.19. The molecule has 6 heteroatoms. The van der Waals surface area contributed by atoms with Crippen LogP contribution in [0.2, 0.25) is 0 Å². The summed E-state index contributed by atoms with van der Waals surface area (Å²) in [6, 6.07) is 15.6. The van der Waals surface area contributed by atoms with Gasteiger partial charge < -0.3 is 17.0 Å². The molecule has 0 saturated heterocycles. The Morgan fingerprint density at radius 3 is 2.00 bits per heavy atom. The van der Waals surface area contributed by atoms with Crippen molar-refractivity contribution >= 4 is 49.4 Å². The highest BCUT2D eigenvalue weighted by atomic mass is 79.9. The second kappa shape index (κ2) is 9.62. The number of aromatic nitrogens is 2. The Labute approximate surface area is 186 Å². The molecule has 0 aliphatic rings. The average Bonchev–Trinajstić information content (AvgIpc) is 2.94. The van der Waals surface area contributed by atoms with Crippen molar-refractivity contribution in [2.75, 3.05) is 0 Å². The van der Waals surface area contributed by atoms with E-state index in [9.17, 15) is 4.79 Å². The van der Waals surface area contributed by atoms with Gasteiger partial charge in [-0.2, -0.15) is 0 Å². The van der Waals surface area contributed by atoms with E-state index in [0.717, 1.165) is 25.9 Å². The number of allylic oxidation sites excluding steroid dienone is 1. The monoisotopic (exact) mass is 552 g/mol. The van der Waals surface area contributed by atoms with Crippen LogP contribution in [0.3, 0.4) is 0 Å². The molecule has 0 N–H and O–H groups in total. The molecular weight excluding hydrogens is 536 g/mol. The summed E-state index contributed by atoms with van der Waals surface area (Å²) in [5, 5.41) is 0. The fourth-order valence-electron chi connectivity index (χ4n) is 2.67.